The van der Waals surface area contributed by atoms with Gasteiger partial charge in [0.05, 0.1) is 0 Å². The van der Waals surface area contributed by atoms with E-state index in [0.29, 0.717) is 24.3 Å². The third-order valence-electron chi connectivity index (χ3n) is 3.23. The number of hydrogen-bond acceptors (Lipinski definition) is 4. The van der Waals surface area contributed by atoms with E-state index in [1.165, 1.54) is 6.07 Å². The van der Waals surface area contributed by atoms with Crippen molar-refractivity contribution in [1.29, 1.82) is 0 Å². The number of aromatic nitrogens is 2. The number of alkyl halides is 3. The van der Waals surface area contributed by atoms with Crippen molar-refractivity contribution in [2.45, 2.75) is 33.9 Å². The zero-order valence-electron chi connectivity index (χ0n) is 12.1. The predicted molar refractivity (Wildman–Crippen MR) is 73.1 cm³/mol. The van der Waals surface area contributed by atoms with Crippen LogP contribution in [0.1, 0.15) is 33.5 Å². The maximum absolute atomic E-state index is 12.6. The van der Waals surface area contributed by atoms with E-state index in [4.69, 9.17) is 5.73 Å². The van der Waals surface area contributed by atoms with Crippen LogP contribution in [0, 0.1) is 17.8 Å². The van der Waals surface area contributed by atoms with Crippen LogP contribution >= 0.6 is 0 Å². The molecule has 0 saturated carbocycles. The van der Waals surface area contributed by atoms with E-state index in [0.717, 1.165) is 0 Å². The van der Waals surface area contributed by atoms with Crippen molar-refractivity contribution in [2.24, 2.45) is 17.8 Å². The standard InChI is InChI=1S/C13H21F3N4/c1-7(2)9(8(3)4)6-18-11-5-10(17)19-12(20-11)13(14,15)16/h5,7-9H,6H2,1-4H3,(H3,17,18,19,20). The molecule has 0 bridgehead atoms. The third-order valence-corrected chi connectivity index (χ3v) is 3.23. The molecule has 1 heterocycles. The molecule has 0 aliphatic heterocycles. The molecule has 1 aromatic rings. The average molecular weight is 290 g/mol. The maximum atomic E-state index is 12.6. The van der Waals surface area contributed by atoms with Crippen molar-refractivity contribution in [3.8, 4) is 0 Å². The van der Waals surface area contributed by atoms with Gasteiger partial charge >= 0.3 is 6.18 Å². The van der Waals surface area contributed by atoms with E-state index < -0.39 is 12.0 Å². The Morgan fingerprint density at radius 3 is 2.15 bits per heavy atom. The third kappa shape index (κ3) is 4.54. The van der Waals surface area contributed by atoms with Crippen LogP contribution in [0.2, 0.25) is 0 Å². The van der Waals surface area contributed by atoms with Gasteiger partial charge in [0.25, 0.3) is 0 Å². The summed E-state index contributed by atoms with van der Waals surface area (Å²) in [5, 5.41) is 2.93. The van der Waals surface area contributed by atoms with Gasteiger partial charge in [0.2, 0.25) is 5.82 Å². The second-order valence-corrected chi connectivity index (χ2v) is 5.53. The zero-order chi connectivity index (χ0) is 15.5. The van der Waals surface area contributed by atoms with E-state index in [2.05, 4.69) is 43.0 Å². The van der Waals surface area contributed by atoms with Crippen LogP contribution in [0.5, 0.6) is 0 Å². The Morgan fingerprint density at radius 2 is 1.70 bits per heavy atom. The molecule has 0 aliphatic rings. The monoisotopic (exact) mass is 290 g/mol. The lowest BCUT2D eigenvalue weighted by Crippen LogP contribution is -2.25. The summed E-state index contributed by atoms with van der Waals surface area (Å²) in [4.78, 5) is 6.67. The molecule has 0 spiro atoms. The van der Waals surface area contributed by atoms with Crippen molar-refractivity contribution < 1.29 is 13.2 Å². The van der Waals surface area contributed by atoms with Gasteiger partial charge in [0, 0.05) is 12.6 Å². The average Bonchev–Trinajstić information content (AvgIpc) is 2.26. The minimum Gasteiger partial charge on any atom is -0.384 e. The number of nitrogen functional groups attached to an aromatic ring is 1. The fourth-order valence-corrected chi connectivity index (χ4v) is 2.15. The Labute approximate surface area is 117 Å². The lowest BCUT2D eigenvalue weighted by Gasteiger charge is -2.25. The first-order chi connectivity index (χ1) is 9.11. The van der Waals surface area contributed by atoms with Crippen LogP contribution in [0.4, 0.5) is 24.8 Å². The largest absolute Gasteiger partial charge is 0.451 e. The summed E-state index contributed by atoms with van der Waals surface area (Å²) in [6.07, 6.45) is -4.60. The lowest BCUT2D eigenvalue weighted by atomic mass is 9.85. The molecule has 0 saturated heterocycles. The quantitative estimate of drug-likeness (QED) is 0.872. The molecule has 4 nitrogen and oxygen atoms in total. The molecule has 0 fully saturated rings. The van der Waals surface area contributed by atoms with Crippen LogP contribution in [-0.2, 0) is 6.18 Å². The van der Waals surface area contributed by atoms with Gasteiger partial charge in [-0.2, -0.15) is 13.2 Å². The molecular formula is C13H21F3N4. The van der Waals surface area contributed by atoms with Crippen LogP contribution in [0.25, 0.3) is 0 Å². The fourth-order valence-electron chi connectivity index (χ4n) is 2.15. The Kier molecular flexibility index (Phi) is 5.19. The normalized spacial score (nSPS) is 12.5. The second kappa shape index (κ2) is 6.28. The topological polar surface area (TPSA) is 63.8 Å². The molecule has 1 aromatic heterocycles. The van der Waals surface area contributed by atoms with E-state index in [1.807, 2.05) is 0 Å². The van der Waals surface area contributed by atoms with Gasteiger partial charge in [-0.3, -0.25) is 0 Å². The number of nitrogens with two attached hydrogens (primary N) is 1. The first-order valence-corrected chi connectivity index (χ1v) is 6.57. The zero-order valence-corrected chi connectivity index (χ0v) is 12.1. The Balaban J connectivity index is 2.85. The van der Waals surface area contributed by atoms with Gasteiger partial charge in [-0.1, -0.05) is 27.7 Å². The molecule has 3 N–H and O–H groups in total. The van der Waals surface area contributed by atoms with Crippen LogP contribution in [0.15, 0.2) is 6.07 Å². The van der Waals surface area contributed by atoms with Gasteiger partial charge in [-0.05, 0) is 17.8 Å². The summed E-state index contributed by atoms with van der Waals surface area (Å²) < 4.78 is 37.8. The van der Waals surface area contributed by atoms with Crippen LogP contribution in [-0.4, -0.2) is 16.5 Å². The van der Waals surface area contributed by atoms with Gasteiger partial charge in [0.15, 0.2) is 0 Å². The smallest absolute Gasteiger partial charge is 0.384 e. The first-order valence-electron chi connectivity index (χ1n) is 6.57. The molecule has 0 radical (unpaired) electrons. The highest BCUT2D eigenvalue weighted by atomic mass is 19.4. The summed E-state index contributed by atoms with van der Waals surface area (Å²) in [6, 6.07) is 1.31. The van der Waals surface area contributed by atoms with Gasteiger partial charge < -0.3 is 11.1 Å². The molecule has 0 aliphatic carbocycles. The summed E-state index contributed by atoms with van der Waals surface area (Å²) >= 11 is 0. The molecule has 114 valence electrons. The van der Waals surface area contributed by atoms with E-state index in [-0.39, 0.29) is 11.6 Å². The Morgan fingerprint density at radius 1 is 1.15 bits per heavy atom. The highest BCUT2D eigenvalue weighted by Gasteiger charge is 2.35. The van der Waals surface area contributed by atoms with E-state index in [1.54, 1.807) is 0 Å². The minimum atomic E-state index is -4.60. The molecule has 0 atom stereocenters. The van der Waals surface area contributed by atoms with Crippen molar-refractivity contribution in [3.05, 3.63) is 11.9 Å². The molecule has 7 heteroatoms. The number of nitrogens with one attached hydrogen (secondary N) is 1. The highest BCUT2D eigenvalue weighted by molar-refractivity contribution is 5.44. The number of nitrogens with zero attached hydrogens (tertiary/aromatic N) is 2. The second-order valence-electron chi connectivity index (χ2n) is 5.53. The SMILES string of the molecule is CC(C)C(CNc1cc(N)nc(C(F)(F)F)n1)C(C)C. The number of halogens is 3. The van der Waals surface area contributed by atoms with E-state index in [9.17, 15) is 13.2 Å². The van der Waals surface area contributed by atoms with Crippen molar-refractivity contribution in [1.82, 2.24) is 9.97 Å². The fraction of sp³-hybridized carbons (Fsp3) is 0.692. The number of rotatable bonds is 5. The summed E-state index contributed by atoms with van der Waals surface area (Å²) in [5.74, 6) is -0.129. The van der Waals surface area contributed by atoms with Crippen LogP contribution < -0.4 is 11.1 Å². The summed E-state index contributed by atoms with van der Waals surface area (Å²) in [7, 11) is 0. The van der Waals surface area contributed by atoms with Crippen molar-refractivity contribution >= 4 is 11.6 Å². The maximum Gasteiger partial charge on any atom is 0.451 e. The van der Waals surface area contributed by atoms with E-state index >= 15 is 0 Å². The van der Waals surface area contributed by atoms with Gasteiger partial charge in [-0.25, -0.2) is 9.97 Å². The molecule has 0 unspecified atom stereocenters. The summed E-state index contributed by atoms with van der Waals surface area (Å²) in [6.45, 7) is 8.89. The first kappa shape index (κ1) is 16.5. The number of hydrogen-bond donors (Lipinski definition) is 2. The predicted octanol–water partition coefficient (Wildman–Crippen LogP) is 3.42. The van der Waals surface area contributed by atoms with Crippen molar-refractivity contribution in [2.75, 3.05) is 17.6 Å². The Bertz CT molecular complexity index is 436. The van der Waals surface area contributed by atoms with Crippen molar-refractivity contribution in [3.63, 3.8) is 0 Å². The van der Waals surface area contributed by atoms with Crippen LogP contribution in [0.3, 0.4) is 0 Å². The summed E-state index contributed by atoms with van der Waals surface area (Å²) in [5.41, 5.74) is 5.39. The molecule has 0 aromatic carbocycles. The highest BCUT2D eigenvalue weighted by Crippen LogP contribution is 2.28. The molecule has 1 rings (SSSR count). The molecule has 0 amide bonds. The van der Waals surface area contributed by atoms with Gasteiger partial charge in [-0.15, -0.1) is 0 Å². The molecular weight excluding hydrogens is 269 g/mol. The Hall–Kier alpha value is -1.53. The number of anilines is 2. The molecule has 20 heavy (non-hydrogen) atoms. The lowest BCUT2D eigenvalue weighted by molar-refractivity contribution is -0.144. The van der Waals surface area contributed by atoms with Gasteiger partial charge in [0.1, 0.15) is 11.6 Å². The minimum absolute atomic E-state index is 0.108.